The monoisotopic (exact) mass is 332 g/mol. The molecule has 4 N–H and O–H groups in total. The number of nitrogen functional groups attached to an aromatic ring is 1. The third kappa shape index (κ3) is 2.48. The summed E-state index contributed by atoms with van der Waals surface area (Å²) in [5.41, 5.74) is 12.9. The lowest BCUT2D eigenvalue weighted by Crippen LogP contribution is -1.99. The molecule has 0 bridgehead atoms. The van der Waals surface area contributed by atoms with E-state index in [0.29, 0.717) is 5.95 Å². The number of aryl methyl sites for hydroxylation is 1. The predicted octanol–water partition coefficient (Wildman–Crippen LogP) is 4.33. The van der Waals surface area contributed by atoms with Crippen LogP contribution in [0.15, 0.2) is 36.4 Å². The van der Waals surface area contributed by atoms with Gasteiger partial charge >= 0.3 is 0 Å². The van der Waals surface area contributed by atoms with Gasteiger partial charge in [-0.3, -0.25) is 0 Å². The molecule has 126 valence electrons. The molecule has 5 nitrogen and oxygen atoms in total. The van der Waals surface area contributed by atoms with Crippen molar-refractivity contribution in [2.24, 2.45) is 0 Å². The first kappa shape index (κ1) is 15.4. The van der Waals surface area contributed by atoms with Crippen LogP contribution in [-0.4, -0.2) is 20.1 Å². The van der Waals surface area contributed by atoms with Gasteiger partial charge in [-0.1, -0.05) is 13.3 Å². The number of nitrogens with one attached hydrogen (secondary N) is 1. The van der Waals surface area contributed by atoms with Crippen molar-refractivity contribution in [3.8, 4) is 17.0 Å². The van der Waals surface area contributed by atoms with E-state index in [1.807, 2.05) is 24.3 Å². The number of nitrogens with two attached hydrogens (primary N) is 1. The van der Waals surface area contributed by atoms with Crippen molar-refractivity contribution in [3.05, 3.63) is 47.5 Å². The van der Waals surface area contributed by atoms with Crippen LogP contribution >= 0.6 is 0 Å². The normalized spacial score (nSPS) is 11.4. The van der Waals surface area contributed by atoms with Gasteiger partial charge in [-0.2, -0.15) is 0 Å². The number of anilines is 1. The molecule has 0 spiro atoms. The van der Waals surface area contributed by atoms with E-state index in [9.17, 15) is 5.11 Å². The van der Waals surface area contributed by atoms with E-state index in [4.69, 9.17) is 10.7 Å². The van der Waals surface area contributed by atoms with E-state index < -0.39 is 0 Å². The molecule has 0 atom stereocenters. The van der Waals surface area contributed by atoms with Gasteiger partial charge in [0.25, 0.3) is 0 Å². The van der Waals surface area contributed by atoms with Gasteiger partial charge in [0.2, 0.25) is 0 Å². The second kappa shape index (κ2) is 5.77. The molecule has 0 radical (unpaired) electrons. The molecule has 5 heteroatoms. The van der Waals surface area contributed by atoms with Crippen LogP contribution in [-0.2, 0) is 6.42 Å². The summed E-state index contributed by atoms with van der Waals surface area (Å²) >= 11 is 0. The highest BCUT2D eigenvalue weighted by atomic mass is 16.3. The standard InChI is InChI=1S/C20H20N4O/c1-3-4-14-11(2)17-15(9-10-16-19(17)24-20(21)23-16)22-18(14)12-5-7-13(25)8-6-12/h5-10,25H,3-4H2,1-2H3,(H3,21,23,24). The number of hydrogen-bond acceptors (Lipinski definition) is 4. The first-order valence-corrected chi connectivity index (χ1v) is 8.45. The summed E-state index contributed by atoms with van der Waals surface area (Å²) in [6.45, 7) is 4.29. The van der Waals surface area contributed by atoms with Crippen molar-refractivity contribution in [2.45, 2.75) is 26.7 Å². The van der Waals surface area contributed by atoms with Crippen LogP contribution in [0.1, 0.15) is 24.5 Å². The van der Waals surface area contributed by atoms with Gasteiger partial charge in [0, 0.05) is 10.9 Å². The molecule has 0 aliphatic rings. The third-order valence-electron chi connectivity index (χ3n) is 4.64. The summed E-state index contributed by atoms with van der Waals surface area (Å²) < 4.78 is 0. The molecular weight excluding hydrogens is 312 g/mol. The Balaban J connectivity index is 2.07. The molecule has 4 rings (SSSR count). The maximum Gasteiger partial charge on any atom is 0.198 e. The molecule has 0 aliphatic carbocycles. The second-order valence-corrected chi connectivity index (χ2v) is 6.34. The Bertz CT molecular complexity index is 1080. The molecule has 2 aromatic carbocycles. The zero-order chi connectivity index (χ0) is 17.6. The number of pyridine rings is 1. The number of rotatable bonds is 3. The number of aromatic nitrogens is 3. The fourth-order valence-corrected chi connectivity index (χ4v) is 3.48. The number of H-pyrrole nitrogens is 1. The Morgan fingerprint density at radius 2 is 1.84 bits per heavy atom. The molecule has 0 saturated carbocycles. The number of aromatic hydroxyl groups is 1. The lowest BCUT2D eigenvalue weighted by Gasteiger charge is -2.15. The van der Waals surface area contributed by atoms with Gasteiger partial charge in [0.1, 0.15) is 11.3 Å². The van der Waals surface area contributed by atoms with Crippen LogP contribution in [0.5, 0.6) is 5.75 Å². The van der Waals surface area contributed by atoms with Crippen LogP contribution in [0.4, 0.5) is 5.95 Å². The molecule has 2 heterocycles. The Morgan fingerprint density at radius 1 is 1.08 bits per heavy atom. The van der Waals surface area contributed by atoms with E-state index in [-0.39, 0.29) is 5.75 Å². The van der Waals surface area contributed by atoms with Gasteiger partial charge in [0.05, 0.1) is 16.7 Å². The number of aromatic amines is 1. The smallest absolute Gasteiger partial charge is 0.198 e. The Labute approximate surface area is 145 Å². The Morgan fingerprint density at radius 3 is 2.56 bits per heavy atom. The first-order valence-electron chi connectivity index (χ1n) is 8.45. The quantitative estimate of drug-likeness (QED) is 0.521. The van der Waals surface area contributed by atoms with Gasteiger partial charge in [0.15, 0.2) is 5.95 Å². The van der Waals surface area contributed by atoms with Crippen molar-refractivity contribution in [2.75, 3.05) is 5.73 Å². The van der Waals surface area contributed by atoms with Crippen LogP contribution in [0.2, 0.25) is 0 Å². The number of phenols is 1. The second-order valence-electron chi connectivity index (χ2n) is 6.34. The van der Waals surface area contributed by atoms with Crippen LogP contribution in [0.25, 0.3) is 33.2 Å². The van der Waals surface area contributed by atoms with Gasteiger partial charge in [-0.25, -0.2) is 9.97 Å². The van der Waals surface area contributed by atoms with Crippen molar-refractivity contribution < 1.29 is 5.11 Å². The van der Waals surface area contributed by atoms with Crippen LogP contribution in [0, 0.1) is 6.92 Å². The van der Waals surface area contributed by atoms with Crippen LogP contribution in [0.3, 0.4) is 0 Å². The minimum absolute atomic E-state index is 0.256. The lowest BCUT2D eigenvalue weighted by molar-refractivity contribution is 0.475. The maximum absolute atomic E-state index is 9.58. The van der Waals surface area contributed by atoms with Crippen molar-refractivity contribution in [3.63, 3.8) is 0 Å². The molecule has 25 heavy (non-hydrogen) atoms. The molecule has 0 saturated heterocycles. The average Bonchev–Trinajstić information content (AvgIpc) is 2.98. The average molecular weight is 332 g/mol. The summed E-state index contributed by atoms with van der Waals surface area (Å²) in [6.07, 6.45) is 1.96. The summed E-state index contributed by atoms with van der Waals surface area (Å²) in [4.78, 5) is 12.5. The molecule has 4 aromatic rings. The van der Waals surface area contributed by atoms with Crippen molar-refractivity contribution in [1.29, 1.82) is 0 Å². The van der Waals surface area contributed by atoms with E-state index in [1.54, 1.807) is 12.1 Å². The molecule has 0 amide bonds. The number of nitrogens with zero attached hydrogens (tertiary/aromatic N) is 2. The van der Waals surface area contributed by atoms with E-state index in [0.717, 1.165) is 46.0 Å². The zero-order valence-corrected chi connectivity index (χ0v) is 14.3. The first-order chi connectivity index (χ1) is 12.1. The minimum Gasteiger partial charge on any atom is -0.508 e. The van der Waals surface area contributed by atoms with E-state index >= 15 is 0 Å². The summed E-state index contributed by atoms with van der Waals surface area (Å²) in [6, 6.07) is 11.2. The van der Waals surface area contributed by atoms with Crippen LogP contribution < -0.4 is 5.73 Å². The largest absolute Gasteiger partial charge is 0.508 e. The van der Waals surface area contributed by atoms with Gasteiger partial charge in [-0.05, 0) is 60.9 Å². The molecule has 0 aliphatic heterocycles. The SMILES string of the molecule is CCCc1c(-c2ccc(O)cc2)nc2ccc3[nH]c(N)nc3c2c1C. The highest BCUT2D eigenvalue weighted by Gasteiger charge is 2.16. The van der Waals surface area contributed by atoms with Gasteiger partial charge in [-0.15, -0.1) is 0 Å². The Kier molecular flexibility index (Phi) is 3.57. The number of fused-ring (bicyclic) bond motifs is 3. The zero-order valence-electron chi connectivity index (χ0n) is 14.3. The summed E-state index contributed by atoms with van der Waals surface area (Å²) in [5.74, 6) is 0.675. The summed E-state index contributed by atoms with van der Waals surface area (Å²) in [5, 5.41) is 10.6. The molecule has 0 unspecified atom stereocenters. The number of imidazole rings is 1. The highest BCUT2D eigenvalue weighted by molar-refractivity contribution is 6.06. The fraction of sp³-hybridized carbons (Fsp3) is 0.200. The minimum atomic E-state index is 0.256. The predicted molar refractivity (Wildman–Crippen MR) is 102 cm³/mol. The van der Waals surface area contributed by atoms with E-state index in [1.165, 1.54) is 11.1 Å². The molecule has 0 fully saturated rings. The molecule has 2 aromatic heterocycles. The van der Waals surface area contributed by atoms with Gasteiger partial charge < -0.3 is 15.8 Å². The maximum atomic E-state index is 9.58. The highest BCUT2D eigenvalue weighted by Crippen LogP contribution is 2.34. The number of phenolic OH excluding ortho intramolecular Hbond substituents is 1. The van der Waals surface area contributed by atoms with Crippen molar-refractivity contribution in [1.82, 2.24) is 15.0 Å². The summed E-state index contributed by atoms with van der Waals surface area (Å²) in [7, 11) is 0. The van der Waals surface area contributed by atoms with Crippen molar-refractivity contribution >= 4 is 27.9 Å². The number of benzene rings is 2. The third-order valence-corrected chi connectivity index (χ3v) is 4.64. The fourth-order valence-electron chi connectivity index (χ4n) is 3.48. The molecular formula is C20H20N4O. The number of hydrogen-bond donors (Lipinski definition) is 3. The lowest BCUT2D eigenvalue weighted by atomic mass is 9.94. The topological polar surface area (TPSA) is 87.8 Å². The Hall–Kier alpha value is -3.08. The van der Waals surface area contributed by atoms with E-state index in [2.05, 4.69) is 23.8 Å².